The first kappa shape index (κ1) is 19.6. The number of amides is 1. The van der Waals surface area contributed by atoms with Gasteiger partial charge < -0.3 is 10.2 Å². The number of aryl methyl sites for hydroxylation is 1. The maximum atomic E-state index is 12.5. The molecule has 2 heterocycles. The summed E-state index contributed by atoms with van der Waals surface area (Å²) in [4.78, 5) is 18.7. The molecule has 0 bridgehead atoms. The Bertz CT molecular complexity index is 433. The lowest BCUT2D eigenvalue weighted by Gasteiger charge is -2.35. The number of piperidine rings is 1. The van der Waals surface area contributed by atoms with Crippen LogP contribution >= 0.6 is 36.2 Å². The monoisotopic (exact) mass is 339 g/mol. The molecule has 7 heteroatoms. The van der Waals surface area contributed by atoms with Crippen molar-refractivity contribution in [3.8, 4) is 0 Å². The minimum Gasteiger partial charge on any atom is -0.339 e. The molecule has 1 aliphatic heterocycles. The molecule has 1 atom stereocenters. The fourth-order valence-corrected chi connectivity index (χ4v) is 3.10. The van der Waals surface area contributed by atoms with Crippen molar-refractivity contribution >= 4 is 42.1 Å². The molecule has 4 nitrogen and oxygen atoms in total. The van der Waals surface area contributed by atoms with Gasteiger partial charge in [0.05, 0.1) is 22.7 Å². The summed E-state index contributed by atoms with van der Waals surface area (Å²) < 4.78 is 0. The van der Waals surface area contributed by atoms with Crippen molar-refractivity contribution in [3.05, 3.63) is 16.1 Å². The Kier molecular flexibility index (Phi) is 8.03. The number of nitrogens with zero attached hydrogens (tertiary/aromatic N) is 2. The van der Waals surface area contributed by atoms with Gasteiger partial charge in [0.1, 0.15) is 0 Å². The zero-order valence-corrected chi connectivity index (χ0v) is 14.6. The quantitative estimate of drug-likeness (QED) is 0.920. The van der Waals surface area contributed by atoms with Crippen molar-refractivity contribution in [1.29, 1.82) is 0 Å². The van der Waals surface area contributed by atoms with E-state index in [1.54, 1.807) is 11.3 Å². The molecule has 2 rings (SSSR count). The van der Waals surface area contributed by atoms with Crippen molar-refractivity contribution in [2.24, 2.45) is 5.41 Å². The maximum absolute atomic E-state index is 12.5. The van der Waals surface area contributed by atoms with E-state index in [-0.39, 0.29) is 36.1 Å². The van der Waals surface area contributed by atoms with Crippen LogP contribution in [0.15, 0.2) is 5.38 Å². The highest BCUT2D eigenvalue weighted by Gasteiger charge is 2.36. The second-order valence-corrected chi connectivity index (χ2v) is 6.42. The standard InChI is InChI=1S/C13H21N3OS.2ClH/c1-10-15-11(8-18-10)7-16(3)12(17)13(2)5-4-6-14-9-13;;/h8,14H,4-7,9H2,1-3H3;2*1H. The molecular weight excluding hydrogens is 317 g/mol. The molecule has 0 aromatic carbocycles. The molecule has 1 unspecified atom stereocenters. The fourth-order valence-electron chi connectivity index (χ4n) is 2.50. The summed E-state index contributed by atoms with van der Waals surface area (Å²) in [6.45, 7) is 6.47. The van der Waals surface area contributed by atoms with E-state index in [1.165, 1.54) is 0 Å². The normalized spacial score (nSPS) is 21.6. The lowest BCUT2D eigenvalue weighted by Crippen LogP contribution is -2.48. The summed E-state index contributed by atoms with van der Waals surface area (Å²) in [5, 5.41) is 6.40. The second-order valence-electron chi connectivity index (χ2n) is 5.36. The van der Waals surface area contributed by atoms with Crippen LogP contribution in [0.25, 0.3) is 0 Å². The highest BCUT2D eigenvalue weighted by Crippen LogP contribution is 2.28. The Labute approximate surface area is 137 Å². The van der Waals surface area contributed by atoms with Gasteiger partial charge >= 0.3 is 0 Å². The number of hydrogen-bond acceptors (Lipinski definition) is 4. The molecule has 1 aromatic rings. The van der Waals surface area contributed by atoms with Crippen LogP contribution in [0, 0.1) is 12.3 Å². The van der Waals surface area contributed by atoms with E-state index >= 15 is 0 Å². The van der Waals surface area contributed by atoms with Gasteiger partial charge in [-0.25, -0.2) is 4.98 Å². The largest absolute Gasteiger partial charge is 0.339 e. The highest BCUT2D eigenvalue weighted by molar-refractivity contribution is 7.09. The Morgan fingerprint density at radius 1 is 1.55 bits per heavy atom. The van der Waals surface area contributed by atoms with Gasteiger partial charge in [-0.3, -0.25) is 4.79 Å². The summed E-state index contributed by atoms with van der Waals surface area (Å²) in [6.07, 6.45) is 2.05. The minimum absolute atomic E-state index is 0. The first-order valence-electron chi connectivity index (χ1n) is 6.38. The van der Waals surface area contributed by atoms with Crippen LogP contribution in [-0.2, 0) is 11.3 Å². The van der Waals surface area contributed by atoms with Crippen LogP contribution in [-0.4, -0.2) is 35.9 Å². The predicted molar refractivity (Wildman–Crippen MR) is 88.0 cm³/mol. The lowest BCUT2D eigenvalue weighted by atomic mass is 9.81. The van der Waals surface area contributed by atoms with Crippen molar-refractivity contribution < 1.29 is 4.79 Å². The van der Waals surface area contributed by atoms with Crippen LogP contribution in [0.2, 0.25) is 0 Å². The van der Waals surface area contributed by atoms with Crippen molar-refractivity contribution in [2.45, 2.75) is 33.2 Å². The number of halogens is 2. The molecule has 0 radical (unpaired) electrons. The number of aromatic nitrogens is 1. The molecule has 1 saturated heterocycles. The van der Waals surface area contributed by atoms with Crippen LogP contribution < -0.4 is 5.32 Å². The number of rotatable bonds is 3. The van der Waals surface area contributed by atoms with Crippen molar-refractivity contribution in [2.75, 3.05) is 20.1 Å². The van der Waals surface area contributed by atoms with Gasteiger partial charge in [-0.15, -0.1) is 36.2 Å². The summed E-state index contributed by atoms with van der Waals surface area (Å²) >= 11 is 1.63. The first-order chi connectivity index (χ1) is 8.51. The number of carbonyl (C=O) groups excluding carboxylic acids is 1. The van der Waals surface area contributed by atoms with Crippen molar-refractivity contribution in [1.82, 2.24) is 15.2 Å². The summed E-state index contributed by atoms with van der Waals surface area (Å²) in [7, 11) is 1.87. The predicted octanol–water partition coefficient (Wildman–Crippen LogP) is 2.64. The van der Waals surface area contributed by atoms with Gasteiger partial charge in [0.2, 0.25) is 5.91 Å². The molecular formula is C13H23Cl2N3OS. The maximum Gasteiger partial charge on any atom is 0.229 e. The third-order valence-electron chi connectivity index (χ3n) is 3.53. The molecule has 0 saturated carbocycles. The number of thiazole rings is 1. The third-order valence-corrected chi connectivity index (χ3v) is 4.35. The van der Waals surface area contributed by atoms with Crippen LogP contribution in [0.3, 0.4) is 0 Å². The Morgan fingerprint density at radius 3 is 2.75 bits per heavy atom. The Hall–Kier alpha value is -0.360. The number of carbonyl (C=O) groups is 1. The summed E-state index contributed by atoms with van der Waals surface area (Å²) in [5.74, 6) is 0.223. The molecule has 20 heavy (non-hydrogen) atoms. The van der Waals surface area contributed by atoms with Gasteiger partial charge in [-0.2, -0.15) is 0 Å². The van der Waals surface area contributed by atoms with E-state index in [4.69, 9.17) is 0 Å². The molecule has 1 fully saturated rings. The Balaban J connectivity index is 0.00000180. The highest BCUT2D eigenvalue weighted by atomic mass is 35.5. The van der Waals surface area contributed by atoms with E-state index in [2.05, 4.69) is 17.2 Å². The lowest BCUT2D eigenvalue weighted by molar-refractivity contribution is -0.141. The molecule has 1 N–H and O–H groups in total. The average molecular weight is 340 g/mol. The fraction of sp³-hybridized carbons (Fsp3) is 0.692. The molecule has 1 aliphatic rings. The average Bonchev–Trinajstić information content (AvgIpc) is 2.74. The van der Waals surface area contributed by atoms with Crippen LogP contribution in [0.5, 0.6) is 0 Å². The summed E-state index contributed by atoms with van der Waals surface area (Å²) in [5.41, 5.74) is 0.735. The summed E-state index contributed by atoms with van der Waals surface area (Å²) in [6, 6.07) is 0. The van der Waals surface area contributed by atoms with E-state index in [0.717, 1.165) is 36.6 Å². The van der Waals surface area contributed by atoms with Gasteiger partial charge in [-0.1, -0.05) is 0 Å². The number of hydrogen-bond donors (Lipinski definition) is 1. The van der Waals surface area contributed by atoms with Gasteiger partial charge in [0.15, 0.2) is 0 Å². The third kappa shape index (κ3) is 4.58. The van der Waals surface area contributed by atoms with E-state index in [9.17, 15) is 4.79 Å². The first-order valence-corrected chi connectivity index (χ1v) is 7.26. The van der Waals surface area contributed by atoms with Crippen LogP contribution in [0.4, 0.5) is 0 Å². The van der Waals surface area contributed by atoms with Crippen LogP contribution in [0.1, 0.15) is 30.5 Å². The zero-order chi connectivity index (χ0) is 13.2. The molecule has 0 spiro atoms. The topological polar surface area (TPSA) is 45.2 Å². The SMILES string of the molecule is Cc1nc(CN(C)C(=O)C2(C)CCCNC2)cs1.Cl.Cl. The smallest absolute Gasteiger partial charge is 0.229 e. The molecule has 1 amide bonds. The van der Waals surface area contributed by atoms with Gasteiger partial charge in [0.25, 0.3) is 0 Å². The van der Waals surface area contributed by atoms with E-state index < -0.39 is 0 Å². The van der Waals surface area contributed by atoms with Gasteiger partial charge in [-0.05, 0) is 33.2 Å². The Morgan fingerprint density at radius 2 is 2.25 bits per heavy atom. The van der Waals surface area contributed by atoms with E-state index in [0.29, 0.717) is 6.54 Å². The number of nitrogens with one attached hydrogen (secondary N) is 1. The van der Waals surface area contributed by atoms with Gasteiger partial charge in [0, 0.05) is 19.0 Å². The van der Waals surface area contributed by atoms with E-state index in [1.807, 2.05) is 24.3 Å². The zero-order valence-electron chi connectivity index (χ0n) is 12.1. The minimum atomic E-state index is -0.252. The molecule has 1 aromatic heterocycles. The second kappa shape index (κ2) is 8.17. The van der Waals surface area contributed by atoms with Crippen molar-refractivity contribution in [3.63, 3.8) is 0 Å². The molecule has 0 aliphatic carbocycles. The molecule has 116 valence electrons.